The zero-order valence-electron chi connectivity index (χ0n) is 66.3. The minimum Gasteiger partial charge on any atom is -0.311 e. The normalized spacial score (nSPS) is 11.0. The van der Waals surface area contributed by atoms with Gasteiger partial charge in [-0.05, 0) is 233 Å². The van der Waals surface area contributed by atoms with E-state index in [1.165, 1.54) is 111 Å². The van der Waals surface area contributed by atoms with Crippen LogP contribution >= 0.6 is 0 Å². The fraction of sp³-hybridized carbons (Fsp3) is 0. The van der Waals surface area contributed by atoms with E-state index in [-0.39, 0.29) is 0 Å². The highest BCUT2D eigenvalue weighted by atomic mass is 15.2. The third-order valence-corrected chi connectivity index (χ3v) is 22.6. The Kier molecular flexibility index (Phi) is 21.4. The summed E-state index contributed by atoms with van der Waals surface area (Å²) in [5, 5.41) is 4.90. The Morgan fingerprint density at radius 2 is 0.233 bits per heavy atom. The quantitative estimate of drug-likeness (QED) is 0.0754. The molecule has 0 amide bonds. The molecule has 0 aliphatic heterocycles. The van der Waals surface area contributed by atoms with Crippen LogP contribution in [0.25, 0.3) is 111 Å². The highest BCUT2D eigenvalue weighted by Gasteiger charge is 2.21. The summed E-state index contributed by atoms with van der Waals surface area (Å²) in [5.41, 5.74) is 32.5. The largest absolute Gasteiger partial charge is 0.311 e. The third-order valence-electron chi connectivity index (χ3n) is 22.6. The first kappa shape index (κ1) is 74.2. The lowest BCUT2D eigenvalue weighted by Gasteiger charge is -2.27. The van der Waals surface area contributed by atoms with Gasteiger partial charge in [0.15, 0.2) is 0 Å². The summed E-state index contributed by atoms with van der Waals surface area (Å²) in [6.07, 6.45) is 0. The number of nitrogens with zero attached hydrogens (tertiary/aromatic N) is 4. The van der Waals surface area contributed by atoms with E-state index in [0.717, 1.165) is 68.2 Å². The molecule has 0 bridgehead atoms. The summed E-state index contributed by atoms with van der Waals surface area (Å²) in [5.74, 6) is 0. The summed E-state index contributed by atoms with van der Waals surface area (Å²) in [6, 6.07) is 183. The van der Waals surface area contributed by atoms with Crippen LogP contribution in [0.4, 0.5) is 68.2 Å². The van der Waals surface area contributed by atoms with Crippen molar-refractivity contribution < 1.29 is 0 Å². The van der Waals surface area contributed by atoms with Crippen molar-refractivity contribution >= 4 is 89.8 Å². The van der Waals surface area contributed by atoms with E-state index in [2.05, 4.69) is 529 Å². The lowest BCUT2D eigenvalue weighted by Crippen LogP contribution is -2.10. The molecule has 20 aromatic carbocycles. The van der Waals surface area contributed by atoms with Crippen LogP contribution in [0.1, 0.15) is 0 Å². The lowest BCUT2D eigenvalue weighted by molar-refractivity contribution is 1.28. The zero-order chi connectivity index (χ0) is 80.2. The maximum absolute atomic E-state index is 2.35. The molecule has 120 heavy (non-hydrogen) atoms. The number of hydrogen-bond acceptors (Lipinski definition) is 4. The standard InChI is InChI=1S/C66H48N2.C50H36N2/c1-5-13-49(14-6-1)55-25-37-61(38-26-55)67(62-39-27-56(28-40-62)50-15-7-2-8-16-50)65-45-33-59(34-46-65)53-21-23-54(24-22-53)60-35-47-66(48-36-60)68(63-41-29-57(30-42-63)51-17-9-3-10-18-51)64-43-31-58(32-44-64)52-19-11-4-12-20-52;1-3-17-43(18-4-1)51(49-23-11-15-41-13-7-9-21-47(41)49)45-33-29-39(30-34-45)37-25-27-38(28-26-37)40-31-35-46(36-32-40)52(44-19-5-2-6-20-44)50-24-12-16-42-14-8-10-22-48(42)50/h1-48H;1-36H. The molecule has 0 radical (unpaired) electrons. The first-order chi connectivity index (χ1) is 59.5. The molecule has 0 aliphatic carbocycles. The number of fused-ring (bicyclic) bond motifs is 2. The number of benzene rings is 20. The first-order valence-corrected chi connectivity index (χ1v) is 41.0. The van der Waals surface area contributed by atoms with Crippen LogP contribution in [0.2, 0.25) is 0 Å². The Morgan fingerprint density at radius 3 is 0.442 bits per heavy atom. The number of hydrogen-bond donors (Lipinski definition) is 0. The van der Waals surface area contributed by atoms with E-state index in [1.54, 1.807) is 0 Å². The summed E-state index contributed by atoms with van der Waals surface area (Å²) in [7, 11) is 0. The van der Waals surface area contributed by atoms with Crippen LogP contribution in [-0.2, 0) is 0 Å². The van der Waals surface area contributed by atoms with E-state index in [9.17, 15) is 0 Å². The second-order valence-corrected chi connectivity index (χ2v) is 30.0. The smallest absolute Gasteiger partial charge is 0.0540 e. The third kappa shape index (κ3) is 16.2. The van der Waals surface area contributed by atoms with Crippen molar-refractivity contribution in [3.8, 4) is 89.0 Å². The SMILES string of the molecule is c1ccc(-c2ccc(N(c3ccc(-c4ccccc4)cc3)c3ccc(-c4ccc(-c5ccc(N(c6ccc(-c7ccccc7)cc6)c6ccc(-c7ccccc7)cc6)cc5)cc4)cc3)cc2)cc1.c1ccc(N(c2ccc(-c3ccc(-c4ccc(N(c5ccccc5)c5cccc6ccccc56)cc4)cc3)cc2)c2cccc3ccccc23)cc1. The fourth-order valence-corrected chi connectivity index (χ4v) is 16.4. The molecule has 0 saturated heterocycles. The van der Waals surface area contributed by atoms with E-state index >= 15 is 0 Å². The van der Waals surface area contributed by atoms with Crippen molar-refractivity contribution in [2.45, 2.75) is 0 Å². The second-order valence-electron chi connectivity index (χ2n) is 30.0. The van der Waals surface area contributed by atoms with Gasteiger partial charge >= 0.3 is 0 Å². The second kappa shape index (κ2) is 34.7. The summed E-state index contributed by atoms with van der Waals surface area (Å²) in [6.45, 7) is 0. The monoisotopic (exact) mass is 1530 g/mol. The molecule has 0 heterocycles. The Hall–Kier alpha value is -15.9. The van der Waals surface area contributed by atoms with Gasteiger partial charge in [-0.3, -0.25) is 0 Å². The van der Waals surface area contributed by atoms with Gasteiger partial charge in [0.1, 0.15) is 0 Å². The van der Waals surface area contributed by atoms with Crippen molar-refractivity contribution in [3.63, 3.8) is 0 Å². The molecule has 20 rings (SSSR count). The van der Waals surface area contributed by atoms with Crippen LogP contribution in [0, 0.1) is 0 Å². The first-order valence-electron chi connectivity index (χ1n) is 41.0. The van der Waals surface area contributed by atoms with Crippen LogP contribution in [0.3, 0.4) is 0 Å². The van der Waals surface area contributed by atoms with Crippen LogP contribution in [0.5, 0.6) is 0 Å². The highest BCUT2D eigenvalue weighted by molar-refractivity contribution is 6.01. The van der Waals surface area contributed by atoms with E-state index in [4.69, 9.17) is 0 Å². The van der Waals surface area contributed by atoms with E-state index in [0.29, 0.717) is 0 Å². The van der Waals surface area contributed by atoms with E-state index in [1.807, 2.05) is 0 Å². The van der Waals surface area contributed by atoms with Gasteiger partial charge in [-0.15, -0.1) is 0 Å². The molecule has 4 heteroatoms. The molecule has 4 nitrogen and oxygen atoms in total. The Morgan fingerprint density at radius 1 is 0.0917 bits per heavy atom. The summed E-state index contributed by atoms with van der Waals surface area (Å²) >= 11 is 0. The molecule has 0 aliphatic rings. The summed E-state index contributed by atoms with van der Waals surface area (Å²) < 4.78 is 0. The van der Waals surface area contributed by atoms with Crippen molar-refractivity contribution in [2.24, 2.45) is 0 Å². The van der Waals surface area contributed by atoms with Crippen molar-refractivity contribution in [2.75, 3.05) is 19.6 Å². The van der Waals surface area contributed by atoms with Crippen molar-refractivity contribution in [1.29, 1.82) is 0 Å². The Labute approximate surface area is 703 Å². The molecule has 0 saturated carbocycles. The predicted molar refractivity (Wildman–Crippen MR) is 510 cm³/mol. The Balaban J connectivity index is 0.000000164. The van der Waals surface area contributed by atoms with Gasteiger partial charge < -0.3 is 19.6 Å². The maximum atomic E-state index is 2.35. The van der Waals surface area contributed by atoms with Crippen molar-refractivity contribution in [1.82, 2.24) is 0 Å². The predicted octanol–water partition coefficient (Wildman–Crippen LogP) is 32.9. The molecule has 0 N–H and O–H groups in total. The molecule has 0 unspecified atom stereocenters. The van der Waals surface area contributed by atoms with Gasteiger partial charge in [0.05, 0.1) is 11.4 Å². The average Bonchev–Trinajstić information content (AvgIpc) is 0.586. The summed E-state index contributed by atoms with van der Waals surface area (Å²) in [4.78, 5) is 9.36. The molecule has 0 fully saturated rings. The van der Waals surface area contributed by atoms with Crippen LogP contribution in [0.15, 0.2) is 510 Å². The van der Waals surface area contributed by atoms with Crippen LogP contribution in [-0.4, -0.2) is 0 Å². The molecule has 0 spiro atoms. The van der Waals surface area contributed by atoms with Gasteiger partial charge in [0.25, 0.3) is 0 Å². The van der Waals surface area contributed by atoms with Gasteiger partial charge in [-0.1, -0.05) is 376 Å². The minimum absolute atomic E-state index is 1.10. The topological polar surface area (TPSA) is 13.0 Å². The lowest BCUT2D eigenvalue weighted by atomic mass is 9.99. The number of para-hydroxylation sites is 2. The molecule has 0 atom stereocenters. The van der Waals surface area contributed by atoms with Crippen LogP contribution < -0.4 is 19.6 Å². The van der Waals surface area contributed by atoms with Gasteiger partial charge in [-0.2, -0.15) is 0 Å². The molecule has 0 aromatic heterocycles. The zero-order valence-corrected chi connectivity index (χ0v) is 66.3. The van der Waals surface area contributed by atoms with Gasteiger partial charge in [-0.25, -0.2) is 0 Å². The molecule has 568 valence electrons. The number of anilines is 12. The average molecular weight is 1530 g/mol. The maximum Gasteiger partial charge on any atom is 0.0540 e. The van der Waals surface area contributed by atoms with Gasteiger partial charge in [0, 0.05) is 67.6 Å². The molecular weight excluding hydrogens is 1450 g/mol. The molecule has 20 aromatic rings. The van der Waals surface area contributed by atoms with Crippen molar-refractivity contribution in [3.05, 3.63) is 510 Å². The fourth-order valence-electron chi connectivity index (χ4n) is 16.4. The minimum atomic E-state index is 1.10. The Bertz CT molecular complexity index is 6160. The van der Waals surface area contributed by atoms with E-state index < -0.39 is 0 Å². The molecular formula is C116H84N4. The van der Waals surface area contributed by atoms with Gasteiger partial charge in [0.2, 0.25) is 0 Å². The number of rotatable bonds is 20. The highest BCUT2D eigenvalue weighted by Crippen LogP contribution is 2.45.